The van der Waals surface area contributed by atoms with Crippen molar-refractivity contribution < 1.29 is 23.0 Å². The molecule has 8 rings (SSSR count). The number of aliphatic hydroxyl groups is 1. The third-order valence-corrected chi connectivity index (χ3v) is 11.5. The second-order valence-electron chi connectivity index (χ2n) is 13.1. The van der Waals surface area contributed by atoms with E-state index in [1.165, 1.54) is 18.2 Å². The van der Waals surface area contributed by atoms with Gasteiger partial charge in [0.15, 0.2) is 5.82 Å². The molecule has 4 fully saturated rings. The second kappa shape index (κ2) is 10.7. The average molecular weight is 646 g/mol. The molecule has 2 bridgehead atoms. The van der Waals surface area contributed by atoms with Gasteiger partial charge in [0, 0.05) is 48.3 Å². The van der Waals surface area contributed by atoms with Crippen LogP contribution in [0.4, 0.5) is 24.0 Å². The van der Waals surface area contributed by atoms with Crippen molar-refractivity contribution in [1.82, 2.24) is 14.9 Å². The number of rotatable bonds is 5. The first-order chi connectivity index (χ1) is 22.2. The maximum absolute atomic E-state index is 17.0. The molecule has 2 aromatic carbocycles. The number of aliphatic hydroxyl groups excluding tert-OH is 1. The highest BCUT2D eigenvalue weighted by atomic mass is 32.1. The number of nitrogens with two attached hydrogens (primary N) is 1. The van der Waals surface area contributed by atoms with Crippen molar-refractivity contribution in [2.75, 3.05) is 43.4 Å². The fraction of sp³-hybridized carbons (Fsp3) is 0.455. The summed E-state index contributed by atoms with van der Waals surface area (Å²) in [4.78, 5) is 13.4. The Kier molecular flexibility index (Phi) is 6.80. The van der Waals surface area contributed by atoms with Crippen molar-refractivity contribution in [2.24, 2.45) is 11.8 Å². The van der Waals surface area contributed by atoms with Crippen molar-refractivity contribution in [3.8, 4) is 29.3 Å². The molecule has 236 valence electrons. The van der Waals surface area contributed by atoms with E-state index in [9.17, 15) is 24.4 Å². The van der Waals surface area contributed by atoms with Crippen LogP contribution < -0.4 is 15.4 Å². The molecule has 3 N–H and O–H groups in total. The van der Waals surface area contributed by atoms with Crippen LogP contribution in [0.3, 0.4) is 0 Å². The summed E-state index contributed by atoms with van der Waals surface area (Å²) in [5.74, 6) is -0.798. The van der Waals surface area contributed by atoms with Crippen LogP contribution in [0.15, 0.2) is 18.2 Å². The first-order valence-electron chi connectivity index (χ1n) is 15.5. The van der Waals surface area contributed by atoms with Crippen LogP contribution in [0.1, 0.15) is 43.2 Å². The molecule has 0 spiro atoms. The minimum absolute atomic E-state index is 0.00994. The van der Waals surface area contributed by atoms with Crippen LogP contribution in [0, 0.1) is 46.1 Å². The van der Waals surface area contributed by atoms with Crippen LogP contribution in [0.5, 0.6) is 6.01 Å². The highest BCUT2D eigenvalue weighted by Gasteiger charge is 2.49. The van der Waals surface area contributed by atoms with Gasteiger partial charge in [-0.15, -0.1) is 11.3 Å². The minimum Gasteiger partial charge on any atom is -0.461 e. The number of benzene rings is 2. The third-order valence-electron chi connectivity index (χ3n) is 10.4. The summed E-state index contributed by atoms with van der Waals surface area (Å²) in [5.41, 5.74) is 5.47. The number of hydrogen-bond acceptors (Lipinski definition) is 10. The highest BCUT2D eigenvalue weighted by Crippen LogP contribution is 2.46. The molecule has 0 unspecified atom stereocenters. The Labute approximate surface area is 266 Å². The molecule has 0 amide bonds. The van der Waals surface area contributed by atoms with Gasteiger partial charge >= 0.3 is 6.01 Å². The van der Waals surface area contributed by atoms with Crippen molar-refractivity contribution >= 4 is 43.1 Å². The third kappa shape index (κ3) is 4.40. The van der Waals surface area contributed by atoms with Gasteiger partial charge in [-0.3, -0.25) is 4.90 Å². The van der Waals surface area contributed by atoms with E-state index in [1.807, 2.05) is 11.0 Å². The molecule has 4 aliphatic rings. The maximum Gasteiger partial charge on any atom is 0.319 e. The molecular weight excluding hydrogens is 615 g/mol. The smallest absolute Gasteiger partial charge is 0.319 e. The van der Waals surface area contributed by atoms with E-state index in [-0.39, 0.29) is 67.3 Å². The number of fused-ring (bicyclic) bond motifs is 5. The summed E-state index contributed by atoms with van der Waals surface area (Å²) in [6.45, 7) is 2.36. The number of aromatic nitrogens is 2. The minimum atomic E-state index is -0.950. The number of hydrogen-bond donors (Lipinski definition) is 2. The molecule has 0 radical (unpaired) electrons. The first kappa shape index (κ1) is 29.2. The molecule has 3 aliphatic heterocycles. The van der Waals surface area contributed by atoms with Gasteiger partial charge in [-0.25, -0.2) is 13.2 Å². The monoisotopic (exact) mass is 645 g/mol. The van der Waals surface area contributed by atoms with E-state index in [4.69, 9.17) is 15.5 Å². The van der Waals surface area contributed by atoms with E-state index < -0.39 is 29.4 Å². The number of anilines is 2. The lowest BCUT2D eigenvalue weighted by Gasteiger charge is -2.34. The van der Waals surface area contributed by atoms with Gasteiger partial charge in [0.25, 0.3) is 0 Å². The normalized spacial score (nSPS) is 27.3. The quantitative estimate of drug-likeness (QED) is 0.297. The predicted molar refractivity (Wildman–Crippen MR) is 167 cm³/mol. The van der Waals surface area contributed by atoms with Crippen LogP contribution in [0.2, 0.25) is 0 Å². The largest absolute Gasteiger partial charge is 0.461 e. The van der Waals surface area contributed by atoms with Gasteiger partial charge < -0.3 is 20.5 Å². The lowest BCUT2D eigenvalue weighted by molar-refractivity contribution is 0.107. The topological polar surface area (TPSA) is 135 Å². The van der Waals surface area contributed by atoms with Crippen LogP contribution in [-0.4, -0.2) is 70.6 Å². The van der Waals surface area contributed by atoms with Gasteiger partial charge in [0.05, 0.1) is 33.5 Å². The van der Waals surface area contributed by atoms with Gasteiger partial charge in [-0.2, -0.15) is 20.5 Å². The summed E-state index contributed by atoms with van der Waals surface area (Å²) in [6.07, 6.45) is 2.22. The van der Waals surface area contributed by atoms with E-state index in [2.05, 4.69) is 16.0 Å². The number of nitriles is 2. The molecule has 5 heterocycles. The van der Waals surface area contributed by atoms with Gasteiger partial charge in [0.1, 0.15) is 41.0 Å². The Morgan fingerprint density at radius 1 is 1.15 bits per heavy atom. The Bertz CT molecular complexity index is 2010. The Hall–Kier alpha value is -4.17. The zero-order valence-electron chi connectivity index (χ0n) is 24.8. The number of nitrogen functional groups attached to an aromatic ring is 1. The van der Waals surface area contributed by atoms with Crippen LogP contribution >= 0.6 is 11.3 Å². The van der Waals surface area contributed by atoms with E-state index in [0.717, 1.165) is 37.1 Å². The summed E-state index contributed by atoms with van der Waals surface area (Å²) in [5, 5.41) is 31.3. The summed E-state index contributed by atoms with van der Waals surface area (Å²) >= 11 is 0.889. The fourth-order valence-electron chi connectivity index (χ4n) is 8.41. The Morgan fingerprint density at radius 2 is 2.00 bits per heavy atom. The zero-order valence-corrected chi connectivity index (χ0v) is 25.6. The first-order valence-corrected chi connectivity index (χ1v) is 16.3. The average Bonchev–Trinajstić information content (AvgIpc) is 3.75. The number of piperidine rings is 1. The number of alkyl halides is 1. The van der Waals surface area contributed by atoms with Crippen LogP contribution in [-0.2, 0) is 0 Å². The zero-order chi connectivity index (χ0) is 31.9. The molecular formula is C33H30F3N7O2S. The highest BCUT2D eigenvalue weighted by molar-refractivity contribution is 7.23. The van der Waals surface area contributed by atoms with Crippen molar-refractivity contribution in [3.63, 3.8) is 0 Å². The van der Waals surface area contributed by atoms with Crippen molar-refractivity contribution in [1.29, 1.82) is 10.5 Å². The summed E-state index contributed by atoms with van der Waals surface area (Å²) in [7, 11) is 0. The lowest BCUT2D eigenvalue weighted by atomic mass is 9.93. The number of nitrogens with zero attached hydrogens (tertiary/aromatic N) is 6. The molecule has 9 nitrogen and oxygen atoms in total. The summed E-state index contributed by atoms with van der Waals surface area (Å²) in [6, 6.07) is 8.07. The van der Waals surface area contributed by atoms with Gasteiger partial charge in [-0.1, -0.05) is 6.07 Å². The van der Waals surface area contributed by atoms with Crippen LogP contribution in [0.25, 0.3) is 32.1 Å². The Balaban J connectivity index is 1.31. The molecule has 1 saturated carbocycles. The van der Waals surface area contributed by atoms with E-state index in [0.29, 0.717) is 43.7 Å². The number of thiophene rings is 1. The van der Waals surface area contributed by atoms with Gasteiger partial charge in [0.2, 0.25) is 0 Å². The summed E-state index contributed by atoms with van der Waals surface area (Å²) < 4.78 is 52.7. The molecule has 5 atom stereocenters. The molecule has 4 aromatic rings. The van der Waals surface area contributed by atoms with Gasteiger partial charge in [-0.05, 0) is 55.8 Å². The lowest BCUT2D eigenvalue weighted by Crippen LogP contribution is -2.43. The number of halogens is 3. The molecule has 1 aliphatic carbocycles. The molecule has 46 heavy (non-hydrogen) atoms. The molecule has 13 heteroatoms. The predicted octanol–water partition coefficient (Wildman–Crippen LogP) is 5.28. The van der Waals surface area contributed by atoms with E-state index >= 15 is 4.39 Å². The molecule has 3 saturated heterocycles. The Morgan fingerprint density at radius 3 is 2.78 bits per heavy atom. The van der Waals surface area contributed by atoms with E-state index in [1.54, 1.807) is 0 Å². The fourth-order valence-corrected chi connectivity index (χ4v) is 9.36. The maximum atomic E-state index is 17.0. The SMILES string of the molecule is N#Cc1cc2c(N3C[C@@H]4C[C@H](C3)[C@H](O)C4)nc(OC[C@@]34CCCN3C[C@H](F)C4)nc2c(F)c1-c1ccc(F)c2sc(N)c(C#N)c12. The standard InChI is InChI=1S/C33H30F3N7O2S/c34-19-9-33(4-1-5-43(33)14-19)15-45-32-40-28-21(31(41-32)42-12-16-6-18(13-42)24(44)7-16)8-17(10-37)25(27(28)36)20-2-3-23(35)29-26(20)22(11-38)30(39)46-29/h2-3,8,16,18-19,24,44H,1,4-7,9,12-15,39H2/t16-,18-,19-,24-,33+/m1/s1. The number of ether oxygens (including phenoxy) is 1. The second-order valence-corrected chi connectivity index (χ2v) is 14.2. The van der Waals surface area contributed by atoms with Crippen molar-refractivity contribution in [3.05, 3.63) is 41.0 Å². The molecule has 2 aromatic heterocycles. The van der Waals surface area contributed by atoms with Crippen molar-refractivity contribution in [2.45, 2.75) is 49.9 Å².